The number of halogens is 3. The Bertz CT molecular complexity index is 817. The summed E-state index contributed by atoms with van der Waals surface area (Å²) in [5.41, 5.74) is 5.54. The number of carbonyl (C=O) groups is 1. The molecule has 1 aliphatic heterocycles. The Labute approximate surface area is 148 Å². The molecule has 1 aliphatic carbocycles. The number of nitrogens with zero attached hydrogens (tertiary/aromatic N) is 2. The minimum atomic E-state index is -2.93. The molecule has 2 N–H and O–H groups in total. The zero-order chi connectivity index (χ0) is 19.1. The third-order valence-electron chi connectivity index (χ3n) is 4.73. The second-order valence-electron chi connectivity index (χ2n) is 6.30. The molecule has 5 nitrogen and oxygen atoms in total. The van der Waals surface area contributed by atoms with Gasteiger partial charge in [0.25, 0.3) is 5.91 Å². The van der Waals surface area contributed by atoms with E-state index in [0.717, 1.165) is 0 Å². The first-order valence-electron chi connectivity index (χ1n) is 7.98. The van der Waals surface area contributed by atoms with Crippen LogP contribution in [0.4, 0.5) is 13.2 Å². The molecule has 0 radical (unpaired) electrons. The molecule has 1 aromatic carbocycles. The predicted molar refractivity (Wildman–Crippen MR) is 89.5 cm³/mol. The monoisotopic (exact) mass is 365 g/mol. The van der Waals surface area contributed by atoms with Crippen LogP contribution in [0.3, 0.4) is 0 Å². The number of rotatable bonds is 4. The van der Waals surface area contributed by atoms with Gasteiger partial charge in [-0.25, -0.2) is 9.38 Å². The summed E-state index contributed by atoms with van der Waals surface area (Å²) in [4.78, 5) is 18.7. The molecule has 1 aromatic rings. The van der Waals surface area contributed by atoms with E-state index >= 15 is 0 Å². The van der Waals surface area contributed by atoms with E-state index in [1.807, 2.05) is 0 Å². The lowest BCUT2D eigenvalue weighted by Crippen LogP contribution is -2.44. The molecule has 0 aromatic heterocycles. The minimum absolute atomic E-state index is 0.0454. The van der Waals surface area contributed by atoms with Gasteiger partial charge in [-0.05, 0) is 42.7 Å². The summed E-state index contributed by atoms with van der Waals surface area (Å²) in [5, 5.41) is 0. The zero-order valence-electron chi connectivity index (χ0n) is 14.2. The largest absolute Gasteiger partial charge is 0.435 e. The Hall–Kier alpha value is -2.77. The van der Waals surface area contributed by atoms with E-state index in [-0.39, 0.29) is 24.0 Å². The fraction of sp³-hybridized carbons (Fsp3) is 0.333. The number of allylic oxidation sites excluding steroid dienone is 2. The lowest BCUT2D eigenvalue weighted by Gasteiger charge is -2.34. The van der Waals surface area contributed by atoms with Crippen molar-refractivity contribution in [1.82, 2.24) is 4.90 Å². The van der Waals surface area contributed by atoms with Crippen molar-refractivity contribution in [3.8, 4) is 0 Å². The van der Waals surface area contributed by atoms with Gasteiger partial charge in [-0.2, -0.15) is 8.78 Å². The van der Waals surface area contributed by atoms with E-state index in [2.05, 4.69) is 9.73 Å². The van der Waals surface area contributed by atoms with Gasteiger partial charge in [0.1, 0.15) is 11.6 Å². The van der Waals surface area contributed by atoms with Crippen molar-refractivity contribution in [2.24, 2.45) is 16.6 Å². The molecule has 0 bridgehead atoms. The normalized spacial score (nSPS) is 25.9. The van der Waals surface area contributed by atoms with Gasteiger partial charge in [0.15, 0.2) is 11.5 Å². The van der Waals surface area contributed by atoms with Gasteiger partial charge >= 0.3 is 6.61 Å². The number of likely N-dealkylation sites (N-methyl/N-ethyl adjacent to an activating group) is 1. The second kappa shape index (κ2) is 6.51. The Morgan fingerprint density at radius 1 is 1.35 bits per heavy atom. The molecule has 138 valence electrons. The molecular formula is C18H18F3N3O2. The van der Waals surface area contributed by atoms with Crippen LogP contribution >= 0.6 is 0 Å². The number of nitrogens with two attached hydrogens (primary N) is 1. The van der Waals surface area contributed by atoms with Crippen LogP contribution in [0.1, 0.15) is 18.9 Å². The molecule has 1 heterocycles. The van der Waals surface area contributed by atoms with Crippen molar-refractivity contribution in [2.75, 3.05) is 7.05 Å². The minimum Gasteiger partial charge on any atom is -0.435 e. The van der Waals surface area contributed by atoms with Crippen molar-refractivity contribution in [3.05, 3.63) is 59.1 Å². The topological polar surface area (TPSA) is 67.9 Å². The lowest BCUT2D eigenvalue weighted by atomic mass is 9.73. The van der Waals surface area contributed by atoms with Crippen molar-refractivity contribution >= 4 is 11.9 Å². The first-order chi connectivity index (χ1) is 12.3. The van der Waals surface area contributed by atoms with Gasteiger partial charge in [-0.1, -0.05) is 18.2 Å². The maximum atomic E-state index is 13.4. The second-order valence-corrected chi connectivity index (χ2v) is 6.30. The number of ether oxygens (including phenoxy) is 1. The smallest absolute Gasteiger partial charge is 0.387 e. The van der Waals surface area contributed by atoms with Crippen LogP contribution in [0.5, 0.6) is 0 Å². The molecule has 1 amide bonds. The summed E-state index contributed by atoms with van der Waals surface area (Å²) >= 11 is 0. The van der Waals surface area contributed by atoms with Crippen LogP contribution in [-0.4, -0.2) is 30.4 Å². The number of benzene rings is 1. The van der Waals surface area contributed by atoms with Crippen LogP contribution in [0.15, 0.2) is 52.7 Å². The van der Waals surface area contributed by atoms with Crippen molar-refractivity contribution in [3.63, 3.8) is 0 Å². The van der Waals surface area contributed by atoms with Crippen LogP contribution in [0.2, 0.25) is 0 Å². The molecule has 2 atom stereocenters. The van der Waals surface area contributed by atoms with E-state index in [4.69, 9.17) is 5.73 Å². The summed E-state index contributed by atoms with van der Waals surface area (Å²) in [7, 11) is 1.51. The number of alkyl halides is 2. The summed E-state index contributed by atoms with van der Waals surface area (Å²) in [5.74, 6) is -1.16. The molecule has 2 aliphatic rings. The Balaban J connectivity index is 2.05. The molecule has 26 heavy (non-hydrogen) atoms. The molecule has 3 rings (SSSR count). The maximum Gasteiger partial charge on any atom is 0.387 e. The van der Waals surface area contributed by atoms with Crippen LogP contribution < -0.4 is 5.73 Å². The molecule has 0 spiro atoms. The standard InChI is InChI=1S/C18H18F3N3O2/c1-10-9-12(5-8-14(10)26-16(20)21)18(11-3-6-13(19)7-4-11)15(25)24(2)17(22)23-18/h3-8,12,16H,9H2,1-2H3,(H2,22,23)/t12?,18-/m0/s1. The van der Waals surface area contributed by atoms with E-state index < -0.39 is 23.9 Å². The van der Waals surface area contributed by atoms with Crippen molar-refractivity contribution in [2.45, 2.75) is 25.5 Å². The van der Waals surface area contributed by atoms with E-state index in [0.29, 0.717) is 11.1 Å². The van der Waals surface area contributed by atoms with Gasteiger partial charge in [0.05, 0.1) is 0 Å². The number of carbonyl (C=O) groups excluding carboxylic acids is 1. The summed E-state index contributed by atoms with van der Waals surface area (Å²) < 4.78 is 42.9. The van der Waals surface area contributed by atoms with Gasteiger partial charge in [-0.3, -0.25) is 9.69 Å². The predicted octanol–water partition coefficient (Wildman–Crippen LogP) is 2.90. The number of aliphatic imine (C=N–C) groups is 1. The van der Waals surface area contributed by atoms with Crippen molar-refractivity contribution in [1.29, 1.82) is 0 Å². The van der Waals surface area contributed by atoms with Crippen LogP contribution in [-0.2, 0) is 15.1 Å². The maximum absolute atomic E-state index is 13.4. The first-order valence-corrected chi connectivity index (χ1v) is 7.98. The van der Waals surface area contributed by atoms with E-state index in [1.54, 1.807) is 13.0 Å². The van der Waals surface area contributed by atoms with E-state index in [9.17, 15) is 18.0 Å². The first kappa shape index (κ1) is 18.0. The number of amides is 1. The van der Waals surface area contributed by atoms with Crippen molar-refractivity contribution < 1.29 is 22.7 Å². The molecular weight excluding hydrogens is 347 g/mol. The number of guanidine groups is 1. The molecule has 1 unspecified atom stereocenters. The average molecular weight is 365 g/mol. The van der Waals surface area contributed by atoms with Gasteiger partial charge in [0, 0.05) is 13.0 Å². The highest BCUT2D eigenvalue weighted by Gasteiger charge is 2.53. The van der Waals surface area contributed by atoms with E-state index in [1.165, 1.54) is 42.3 Å². The van der Waals surface area contributed by atoms with Crippen LogP contribution in [0, 0.1) is 11.7 Å². The van der Waals surface area contributed by atoms with Gasteiger partial charge < -0.3 is 10.5 Å². The highest BCUT2D eigenvalue weighted by atomic mass is 19.3. The van der Waals surface area contributed by atoms with Gasteiger partial charge in [0.2, 0.25) is 0 Å². The fourth-order valence-electron chi connectivity index (χ4n) is 3.38. The number of hydrogen-bond acceptors (Lipinski definition) is 4. The quantitative estimate of drug-likeness (QED) is 0.892. The van der Waals surface area contributed by atoms with Gasteiger partial charge in [-0.15, -0.1) is 0 Å². The third-order valence-corrected chi connectivity index (χ3v) is 4.73. The third kappa shape index (κ3) is 2.85. The Morgan fingerprint density at radius 2 is 2.00 bits per heavy atom. The summed E-state index contributed by atoms with van der Waals surface area (Å²) in [6.45, 7) is -1.27. The molecule has 0 fully saturated rings. The molecule has 0 saturated carbocycles. The van der Waals surface area contributed by atoms with Crippen LogP contribution in [0.25, 0.3) is 0 Å². The fourth-order valence-corrected chi connectivity index (χ4v) is 3.38. The zero-order valence-corrected chi connectivity index (χ0v) is 14.2. The number of hydrogen-bond donors (Lipinski definition) is 1. The SMILES string of the molecule is CC1=C(OC(F)F)C=CC([C@]2(c3ccc(F)cc3)N=C(N)N(C)C2=O)C1. The highest BCUT2D eigenvalue weighted by molar-refractivity contribution is 6.07. The molecule has 0 saturated heterocycles. The highest BCUT2D eigenvalue weighted by Crippen LogP contribution is 2.45. The molecule has 8 heteroatoms. The lowest BCUT2D eigenvalue weighted by molar-refractivity contribution is -0.132. The summed E-state index contributed by atoms with van der Waals surface area (Å²) in [6.07, 6.45) is 3.30. The Kier molecular flexibility index (Phi) is 4.52. The average Bonchev–Trinajstić information content (AvgIpc) is 2.82. The Morgan fingerprint density at radius 3 is 2.50 bits per heavy atom. The summed E-state index contributed by atoms with van der Waals surface area (Å²) in [6, 6.07) is 5.46.